The van der Waals surface area contributed by atoms with E-state index in [1.165, 1.54) is 12.4 Å². The topological polar surface area (TPSA) is 108 Å². The zero-order valence-electron chi connectivity index (χ0n) is 17.7. The SMILES string of the molecule is COc1cccc(CNC(=O)Cn2c(=O)n(Cc3ccccc3Cl)c(=O)c3nccnc32)c1. The standard InChI is InChI=1S/C23H20ClN5O4/c1-33-17-7-4-5-15(11-17)12-27-19(30)14-28-21-20(25-9-10-26-21)22(31)29(23(28)32)13-16-6-2-3-8-18(16)24/h2-11H,12-14H2,1H3,(H,27,30). The number of nitrogens with zero attached hydrogens (tertiary/aromatic N) is 4. The van der Waals surface area contributed by atoms with Crippen molar-refractivity contribution < 1.29 is 9.53 Å². The summed E-state index contributed by atoms with van der Waals surface area (Å²) in [5.41, 5.74) is 0.184. The molecule has 1 N–H and O–H groups in total. The normalized spacial score (nSPS) is 10.8. The van der Waals surface area contributed by atoms with Crippen molar-refractivity contribution in [2.75, 3.05) is 7.11 Å². The van der Waals surface area contributed by atoms with Crippen LogP contribution in [0.15, 0.2) is 70.5 Å². The fourth-order valence-electron chi connectivity index (χ4n) is 3.39. The van der Waals surface area contributed by atoms with Crippen LogP contribution in [-0.4, -0.2) is 32.1 Å². The molecule has 4 aromatic rings. The average Bonchev–Trinajstić information content (AvgIpc) is 2.84. The van der Waals surface area contributed by atoms with Crippen LogP contribution >= 0.6 is 11.6 Å². The number of hydrogen-bond donors (Lipinski definition) is 1. The number of nitrogens with one attached hydrogen (secondary N) is 1. The number of hydrogen-bond acceptors (Lipinski definition) is 6. The molecule has 0 aliphatic carbocycles. The van der Waals surface area contributed by atoms with Gasteiger partial charge in [-0.2, -0.15) is 0 Å². The quantitative estimate of drug-likeness (QED) is 0.447. The van der Waals surface area contributed by atoms with Gasteiger partial charge in [0, 0.05) is 24.0 Å². The van der Waals surface area contributed by atoms with E-state index in [1.54, 1.807) is 43.5 Å². The van der Waals surface area contributed by atoms with E-state index in [2.05, 4.69) is 15.3 Å². The summed E-state index contributed by atoms with van der Waals surface area (Å²) in [4.78, 5) is 47.1. The molecule has 0 bridgehead atoms. The molecule has 0 aliphatic heterocycles. The predicted molar refractivity (Wildman–Crippen MR) is 123 cm³/mol. The van der Waals surface area contributed by atoms with Gasteiger partial charge in [-0.1, -0.05) is 41.9 Å². The molecule has 0 atom stereocenters. The Morgan fingerprint density at radius 1 is 1.06 bits per heavy atom. The third-order valence-corrected chi connectivity index (χ3v) is 5.42. The fraction of sp³-hybridized carbons (Fsp3) is 0.174. The van der Waals surface area contributed by atoms with Crippen molar-refractivity contribution >= 4 is 28.7 Å². The predicted octanol–water partition coefficient (Wildman–Crippen LogP) is 1.98. The molecule has 2 aromatic heterocycles. The number of carbonyl (C=O) groups is 1. The first kappa shape index (κ1) is 22.2. The zero-order valence-corrected chi connectivity index (χ0v) is 18.5. The van der Waals surface area contributed by atoms with Gasteiger partial charge in [-0.3, -0.25) is 18.7 Å². The molecule has 2 heterocycles. The molecule has 0 spiro atoms. The van der Waals surface area contributed by atoms with Crippen LogP contribution in [0.4, 0.5) is 0 Å². The second-order valence-corrected chi connectivity index (χ2v) is 7.62. The summed E-state index contributed by atoms with van der Waals surface area (Å²) in [6.07, 6.45) is 2.73. The van der Waals surface area contributed by atoms with Crippen molar-refractivity contribution in [3.8, 4) is 5.75 Å². The van der Waals surface area contributed by atoms with Crippen LogP contribution in [0, 0.1) is 0 Å². The van der Waals surface area contributed by atoms with Crippen LogP contribution in [0.5, 0.6) is 5.75 Å². The van der Waals surface area contributed by atoms with E-state index in [-0.39, 0.29) is 30.8 Å². The molecule has 168 valence electrons. The summed E-state index contributed by atoms with van der Waals surface area (Å²) in [6, 6.07) is 14.2. The minimum absolute atomic E-state index is 0.00949. The monoisotopic (exact) mass is 465 g/mol. The third kappa shape index (κ3) is 4.78. The molecule has 0 aliphatic rings. The highest BCUT2D eigenvalue weighted by Gasteiger charge is 2.18. The maximum Gasteiger partial charge on any atom is 0.333 e. The Bertz CT molecular complexity index is 1450. The largest absolute Gasteiger partial charge is 0.497 e. The molecule has 0 fully saturated rings. The van der Waals surface area contributed by atoms with Crippen molar-refractivity contribution in [1.29, 1.82) is 0 Å². The van der Waals surface area contributed by atoms with Crippen molar-refractivity contribution in [3.05, 3.63) is 97.9 Å². The van der Waals surface area contributed by atoms with Crippen LogP contribution < -0.4 is 21.3 Å². The number of carbonyl (C=O) groups excluding carboxylic acids is 1. The van der Waals surface area contributed by atoms with E-state index in [1.807, 2.05) is 12.1 Å². The molecule has 1 amide bonds. The van der Waals surface area contributed by atoms with E-state index >= 15 is 0 Å². The summed E-state index contributed by atoms with van der Waals surface area (Å²) in [5, 5.41) is 3.19. The number of ether oxygens (including phenoxy) is 1. The van der Waals surface area contributed by atoms with Gasteiger partial charge in [-0.05, 0) is 29.3 Å². The first-order chi connectivity index (χ1) is 16.0. The molecule has 0 saturated heterocycles. The lowest BCUT2D eigenvalue weighted by Gasteiger charge is -2.13. The molecule has 2 aromatic carbocycles. The number of methoxy groups -OCH3 is 1. The Balaban J connectivity index is 1.66. The van der Waals surface area contributed by atoms with Gasteiger partial charge in [0.25, 0.3) is 5.56 Å². The minimum Gasteiger partial charge on any atom is -0.497 e. The Morgan fingerprint density at radius 3 is 2.64 bits per heavy atom. The highest BCUT2D eigenvalue weighted by Crippen LogP contribution is 2.15. The lowest BCUT2D eigenvalue weighted by Crippen LogP contribution is -2.43. The Morgan fingerprint density at radius 2 is 1.85 bits per heavy atom. The molecule has 4 rings (SSSR count). The molecular weight excluding hydrogens is 446 g/mol. The highest BCUT2D eigenvalue weighted by molar-refractivity contribution is 6.31. The van der Waals surface area contributed by atoms with E-state index in [4.69, 9.17) is 16.3 Å². The van der Waals surface area contributed by atoms with Gasteiger partial charge in [-0.25, -0.2) is 14.8 Å². The summed E-state index contributed by atoms with van der Waals surface area (Å²) in [6.45, 7) is -0.149. The zero-order chi connectivity index (χ0) is 23.4. The van der Waals surface area contributed by atoms with Gasteiger partial charge in [-0.15, -0.1) is 0 Å². The summed E-state index contributed by atoms with van der Waals surface area (Å²) in [7, 11) is 1.56. The minimum atomic E-state index is -0.676. The summed E-state index contributed by atoms with van der Waals surface area (Å²) >= 11 is 6.22. The van der Waals surface area contributed by atoms with Crippen LogP contribution in [0.2, 0.25) is 5.02 Å². The fourth-order valence-corrected chi connectivity index (χ4v) is 3.59. The maximum atomic E-state index is 13.2. The first-order valence-electron chi connectivity index (χ1n) is 10.1. The summed E-state index contributed by atoms with van der Waals surface area (Å²) < 4.78 is 7.34. The van der Waals surface area contributed by atoms with Crippen LogP contribution in [0.3, 0.4) is 0 Å². The lowest BCUT2D eigenvalue weighted by atomic mass is 10.2. The third-order valence-electron chi connectivity index (χ3n) is 5.06. The first-order valence-corrected chi connectivity index (χ1v) is 10.4. The number of benzene rings is 2. The molecule has 0 saturated carbocycles. The molecule has 0 unspecified atom stereocenters. The molecular formula is C23H20ClN5O4. The van der Waals surface area contributed by atoms with Gasteiger partial charge in [0.15, 0.2) is 11.2 Å². The molecule has 9 nitrogen and oxygen atoms in total. The van der Waals surface area contributed by atoms with Gasteiger partial charge in [0.05, 0.1) is 13.7 Å². The second-order valence-electron chi connectivity index (χ2n) is 7.21. The Hall–Kier alpha value is -3.98. The lowest BCUT2D eigenvalue weighted by molar-refractivity contribution is -0.121. The smallest absolute Gasteiger partial charge is 0.333 e. The maximum absolute atomic E-state index is 13.2. The van der Waals surface area contributed by atoms with Crippen molar-refractivity contribution in [2.45, 2.75) is 19.6 Å². The van der Waals surface area contributed by atoms with Gasteiger partial charge in [0.2, 0.25) is 5.91 Å². The number of amides is 1. The molecule has 0 radical (unpaired) electrons. The van der Waals surface area contributed by atoms with Crippen LogP contribution in [0.1, 0.15) is 11.1 Å². The van der Waals surface area contributed by atoms with E-state index in [0.717, 1.165) is 14.7 Å². The van der Waals surface area contributed by atoms with E-state index in [0.29, 0.717) is 16.3 Å². The van der Waals surface area contributed by atoms with Crippen LogP contribution in [-0.2, 0) is 24.4 Å². The van der Waals surface area contributed by atoms with E-state index < -0.39 is 17.2 Å². The number of aromatic nitrogens is 4. The number of halogens is 1. The van der Waals surface area contributed by atoms with Gasteiger partial charge >= 0.3 is 5.69 Å². The highest BCUT2D eigenvalue weighted by atomic mass is 35.5. The number of fused-ring (bicyclic) bond motifs is 1. The number of rotatable bonds is 7. The molecule has 33 heavy (non-hydrogen) atoms. The Kier molecular flexibility index (Phi) is 6.50. The Labute approximate surface area is 193 Å². The second kappa shape index (κ2) is 9.66. The molecule has 10 heteroatoms. The average molecular weight is 466 g/mol. The van der Waals surface area contributed by atoms with Crippen molar-refractivity contribution in [1.82, 2.24) is 24.4 Å². The van der Waals surface area contributed by atoms with Gasteiger partial charge < -0.3 is 10.1 Å². The van der Waals surface area contributed by atoms with E-state index in [9.17, 15) is 14.4 Å². The van der Waals surface area contributed by atoms with Gasteiger partial charge in [0.1, 0.15) is 12.3 Å². The van der Waals surface area contributed by atoms with Crippen LogP contribution in [0.25, 0.3) is 11.2 Å². The van der Waals surface area contributed by atoms with Crippen molar-refractivity contribution in [3.63, 3.8) is 0 Å². The van der Waals surface area contributed by atoms with Crippen molar-refractivity contribution in [2.24, 2.45) is 0 Å². The summed E-state index contributed by atoms with van der Waals surface area (Å²) in [5.74, 6) is 0.251.